The van der Waals surface area contributed by atoms with Gasteiger partial charge in [0.2, 0.25) is 12.2 Å². The van der Waals surface area contributed by atoms with Gasteiger partial charge in [-0.25, -0.2) is 0 Å². The molecule has 1 aromatic heterocycles. The Labute approximate surface area is 124 Å². The summed E-state index contributed by atoms with van der Waals surface area (Å²) in [6.45, 7) is 1.56. The number of furan rings is 1. The predicted molar refractivity (Wildman–Crippen MR) is 82.1 cm³/mol. The first-order chi connectivity index (χ1) is 9.52. The van der Waals surface area contributed by atoms with Gasteiger partial charge in [0.05, 0.1) is 12.3 Å². The zero-order valence-corrected chi connectivity index (χ0v) is 13.0. The lowest BCUT2D eigenvalue weighted by atomic mass is 10.4. The molecular weight excluding hydrogens is 274 g/mol. The van der Waals surface area contributed by atoms with Crippen LogP contribution in [0.3, 0.4) is 0 Å². The summed E-state index contributed by atoms with van der Waals surface area (Å²) in [6, 6.07) is 4.03. The largest absolute Gasteiger partial charge is 0.464 e. The van der Waals surface area contributed by atoms with Gasteiger partial charge in [-0.2, -0.15) is 17.0 Å². The van der Waals surface area contributed by atoms with Crippen LogP contribution >= 0.6 is 11.8 Å². The van der Waals surface area contributed by atoms with E-state index in [1.165, 1.54) is 0 Å². The number of rotatable bonds is 7. The highest BCUT2D eigenvalue weighted by atomic mass is 32.2. The van der Waals surface area contributed by atoms with Crippen molar-refractivity contribution in [1.82, 2.24) is 9.80 Å². The van der Waals surface area contributed by atoms with Gasteiger partial charge in [-0.1, -0.05) is 0 Å². The highest BCUT2D eigenvalue weighted by Gasteiger charge is 2.05. The van der Waals surface area contributed by atoms with Crippen LogP contribution in [0.4, 0.5) is 0 Å². The normalized spacial score (nSPS) is 11.7. The molecule has 0 aliphatic rings. The van der Waals surface area contributed by atoms with E-state index < -0.39 is 0 Å². The molecular formula is C13H21N5OS. The van der Waals surface area contributed by atoms with Crippen LogP contribution in [0.25, 0.3) is 0 Å². The average molecular weight is 295 g/mol. The molecule has 0 saturated carbocycles. The molecule has 0 aliphatic heterocycles. The quantitative estimate of drug-likeness (QED) is 0.353. The molecule has 1 rings (SSSR count). The minimum absolute atomic E-state index is 0.249. The summed E-state index contributed by atoms with van der Waals surface area (Å²) in [6.07, 6.45) is 1.68. The number of thioether (sulfide) groups is 1. The fourth-order valence-corrected chi connectivity index (χ4v) is 2.43. The Morgan fingerprint density at radius 1 is 1.40 bits per heavy atom. The van der Waals surface area contributed by atoms with Crippen molar-refractivity contribution >= 4 is 17.7 Å². The van der Waals surface area contributed by atoms with E-state index >= 15 is 0 Å². The summed E-state index contributed by atoms with van der Waals surface area (Å²) in [4.78, 5) is 7.32. The Bertz CT molecular complexity index is 477. The molecule has 7 heteroatoms. The number of nitrogens with two attached hydrogens (primary N) is 1. The summed E-state index contributed by atoms with van der Waals surface area (Å²) in [5.74, 6) is 3.93. The zero-order valence-electron chi connectivity index (χ0n) is 12.2. The molecule has 0 saturated heterocycles. The van der Waals surface area contributed by atoms with E-state index in [1.54, 1.807) is 22.9 Å². The summed E-state index contributed by atoms with van der Waals surface area (Å²) in [5, 5.41) is 8.41. The van der Waals surface area contributed by atoms with E-state index in [9.17, 15) is 0 Å². The minimum atomic E-state index is 0.249. The van der Waals surface area contributed by atoms with Crippen molar-refractivity contribution in [2.24, 2.45) is 10.7 Å². The fraction of sp³-hybridized carbons (Fsp3) is 0.538. The minimum Gasteiger partial charge on any atom is -0.464 e. The van der Waals surface area contributed by atoms with Crippen molar-refractivity contribution in [3.05, 3.63) is 23.7 Å². The maximum Gasteiger partial charge on any atom is 0.209 e. The number of hydrogen-bond acceptors (Lipinski definition) is 5. The molecule has 6 nitrogen and oxygen atoms in total. The standard InChI is InChI=1S/C13H21N5OS/c1-17(2)8-11-4-5-12(19-11)9-20-7-6-18(3)13(15)16-10-14/h4-5H,6-9H2,1-3H3,(H2,15,16). The number of hydrogen-bond donors (Lipinski definition) is 1. The fourth-order valence-electron chi connectivity index (χ4n) is 1.52. The Kier molecular flexibility index (Phi) is 6.98. The first-order valence-corrected chi connectivity index (χ1v) is 7.42. The maximum atomic E-state index is 8.41. The average Bonchev–Trinajstić information content (AvgIpc) is 2.81. The Hall–Kier alpha value is -1.65. The molecule has 0 aliphatic carbocycles. The molecule has 0 aromatic carbocycles. The highest BCUT2D eigenvalue weighted by molar-refractivity contribution is 7.98. The number of aliphatic imine (C=N–C) groups is 1. The van der Waals surface area contributed by atoms with E-state index in [2.05, 4.69) is 9.89 Å². The topological polar surface area (TPSA) is 81.8 Å². The van der Waals surface area contributed by atoms with Crippen LogP contribution in [0.15, 0.2) is 21.5 Å². The lowest BCUT2D eigenvalue weighted by Crippen LogP contribution is -2.35. The summed E-state index contributed by atoms with van der Waals surface area (Å²) < 4.78 is 5.72. The van der Waals surface area contributed by atoms with Crippen LogP contribution < -0.4 is 5.73 Å². The van der Waals surface area contributed by atoms with Gasteiger partial charge in [-0.3, -0.25) is 0 Å². The van der Waals surface area contributed by atoms with Gasteiger partial charge < -0.3 is 20.0 Å². The Morgan fingerprint density at radius 2 is 2.10 bits per heavy atom. The van der Waals surface area contributed by atoms with Gasteiger partial charge in [0, 0.05) is 19.3 Å². The number of nitrogens with zero attached hydrogens (tertiary/aromatic N) is 4. The van der Waals surface area contributed by atoms with Gasteiger partial charge in [-0.05, 0) is 26.2 Å². The Balaban J connectivity index is 2.26. The zero-order chi connectivity index (χ0) is 15.0. The molecule has 110 valence electrons. The monoisotopic (exact) mass is 295 g/mol. The lowest BCUT2D eigenvalue weighted by molar-refractivity contribution is 0.344. The SMILES string of the molecule is CN(C)Cc1ccc(CSCCN(C)C(N)=NC#N)o1. The molecule has 0 unspecified atom stereocenters. The molecule has 1 heterocycles. The molecule has 0 amide bonds. The second kappa shape index (κ2) is 8.51. The van der Waals surface area contributed by atoms with Crippen molar-refractivity contribution < 1.29 is 4.42 Å². The second-order valence-corrected chi connectivity index (χ2v) is 5.76. The van der Waals surface area contributed by atoms with Gasteiger partial charge in [0.25, 0.3) is 0 Å². The van der Waals surface area contributed by atoms with Crippen LogP contribution in [-0.4, -0.2) is 49.2 Å². The molecule has 0 fully saturated rings. The molecule has 20 heavy (non-hydrogen) atoms. The maximum absolute atomic E-state index is 8.41. The van der Waals surface area contributed by atoms with Crippen LogP contribution in [0, 0.1) is 11.5 Å². The third-order valence-electron chi connectivity index (χ3n) is 2.56. The van der Waals surface area contributed by atoms with Crippen molar-refractivity contribution in [3.63, 3.8) is 0 Å². The van der Waals surface area contributed by atoms with Gasteiger partial charge in [-0.15, -0.1) is 4.99 Å². The molecule has 0 radical (unpaired) electrons. The van der Waals surface area contributed by atoms with Crippen molar-refractivity contribution in [2.75, 3.05) is 33.4 Å². The summed E-state index contributed by atoms with van der Waals surface area (Å²) >= 11 is 1.76. The number of guanidine groups is 1. The van der Waals surface area contributed by atoms with Crippen LogP contribution in [-0.2, 0) is 12.3 Å². The molecule has 0 spiro atoms. The third kappa shape index (κ3) is 5.99. The lowest BCUT2D eigenvalue weighted by Gasteiger charge is -2.15. The molecule has 0 bridgehead atoms. The van der Waals surface area contributed by atoms with Crippen molar-refractivity contribution in [3.8, 4) is 6.19 Å². The van der Waals surface area contributed by atoms with E-state index in [-0.39, 0.29) is 5.96 Å². The second-order valence-electron chi connectivity index (χ2n) is 4.65. The van der Waals surface area contributed by atoms with Crippen molar-refractivity contribution in [1.29, 1.82) is 5.26 Å². The van der Waals surface area contributed by atoms with Crippen LogP contribution in [0.1, 0.15) is 11.5 Å². The van der Waals surface area contributed by atoms with Crippen LogP contribution in [0.2, 0.25) is 0 Å². The first kappa shape index (κ1) is 16.4. The third-order valence-corrected chi connectivity index (χ3v) is 3.52. The van der Waals surface area contributed by atoms with Crippen molar-refractivity contribution in [2.45, 2.75) is 12.3 Å². The number of nitriles is 1. The highest BCUT2D eigenvalue weighted by Crippen LogP contribution is 2.16. The predicted octanol–water partition coefficient (Wildman–Crippen LogP) is 1.30. The van der Waals surface area contributed by atoms with E-state index in [1.807, 2.05) is 33.3 Å². The summed E-state index contributed by atoms with van der Waals surface area (Å²) in [5.41, 5.74) is 5.59. The van der Waals surface area contributed by atoms with E-state index in [0.717, 1.165) is 36.1 Å². The van der Waals surface area contributed by atoms with Crippen LogP contribution in [0.5, 0.6) is 0 Å². The van der Waals surface area contributed by atoms with Gasteiger partial charge in [0.1, 0.15) is 11.5 Å². The van der Waals surface area contributed by atoms with E-state index in [4.69, 9.17) is 15.4 Å². The Morgan fingerprint density at radius 3 is 2.75 bits per heavy atom. The molecule has 2 N–H and O–H groups in total. The molecule has 1 aromatic rings. The molecule has 0 atom stereocenters. The first-order valence-electron chi connectivity index (χ1n) is 6.26. The summed E-state index contributed by atoms with van der Waals surface area (Å²) in [7, 11) is 5.85. The van der Waals surface area contributed by atoms with Gasteiger partial charge >= 0.3 is 0 Å². The van der Waals surface area contributed by atoms with Gasteiger partial charge in [0.15, 0.2) is 0 Å². The van der Waals surface area contributed by atoms with E-state index in [0.29, 0.717) is 0 Å². The smallest absolute Gasteiger partial charge is 0.209 e.